The predicted molar refractivity (Wildman–Crippen MR) is 107 cm³/mol. The van der Waals surface area contributed by atoms with Crippen molar-refractivity contribution >= 4 is 21.4 Å². The summed E-state index contributed by atoms with van der Waals surface area (Å²) in [5.74, 6) is 1.19. The van der Waals surface area contributed by atoms with Crippen LogP contribution in [-0.4, -0.2) is 52.8 Å². The lowest BCUT2D eigenvalue weighted by atomic mass is 9.99. The van der Waals surface area contributed by atoms with Gasteiger partial charge in [-0.2, -0.15) is 0 Å². The summed E-state index contributed by atoms with van der Waals surface area (Å²) >= 11 is 0. The molecule has 0 aromatic heterocycles. The summed E-state index contributed by atoms with van der Waals surface area (Å²) in [6.07, 6.45) is 1.95. The maximum Gasteiger partial charge on any atom is 0.238 e. The second-order valence-corrected chi connectivity index (χ2v) is 8.80. The van der Waals surface area contributed by atoms with Gasteiger partial charge in [-0.25, -0.2) is 8.42 Å². The number of fused-ring (bicyclic) bond motifs is 1. The Bertz CT molecular complexity index is 988. The summed E-state index contributed by atoms with van der Waals surface area (Å²) in [6, 6.07) is 10.2. The van der Waals surface area contributed by atoms with Crippen molar-refractivity contribution in [3.05, 3.63) is 47.5 Å². The fourth-order valence-electron chi connectivity index (χ4n) is 3.28. The lowest BCUT2D eigenvalue weighted by Gasteiger charge is -2.29. The number of rotatable bonds is 6. The third kappa shape index (κ3) is 4.63. The molecule has 2 aromatic rings. The first-order valence-corrected chi connectivity index (χ1v) is 10.8. The van der Waals surface area contributed by atoms with Crippen molar-refractivity contribution in [1.82, 2.24) is 4.90 Å². The first-order valence-electron chi connectivity index (χ1n) is 8.86. The number of sulfone groups is 1. The minimum atomic E-state index is -3.32. The van der Waals surface area contributed by atoms with E-state index in [0.29, 0.717) is 23.7 Å². The number of benzene rings is 2. The van der Waals surface area contributed by atoms with E-state index in [1.54, 1.807) is 26.4 Å². The number of hydrogen-bond acceptors (Lipinski definition) is 6. The van der Waals surface area contributed by atoms with Crippen molar-refractivity contribution in [2.45, 2.75) is 17.9 Å². The number of ether oxygens (including phenoxy) is 2. The van der Waals surface area contributed by atoms with Crippen LogP contribution >= 0.6 is 0 Å². The molecule has 28 heavy (non-hydrogen) atoms. The molecule has 0 unspecified atom stereocenters. The molecule has 0 saturated carbocycles. The topological polar surface area (TPSA) is 84.9 Å². The summed E-state index contributed by atoms with van der Waals surface area (Å²) in [4.78, 5) is 14.7. The van der Waals surface area contributed by atoms with Gasteiger partial charge in [0.2, 0.25) is 5.91 Å². The number of anilines is 1. The molecule has 0 radical (unpaired) electrons. The summed E-state index contributed by atoms with van der Waals surface area (Å²) in [7, 11) is -0.104. The van der Waals surface area contributed by atoms with E-state index < -0.39 is 9.84 Å². The summed E-state index contributed by atoms with van der Waals surface area (Å²) in [6.45, 7) is 1.60. The molecule has 0 spiro atoms. The summed E-state index contributed by atoms with van der Waals surface area (Å²) < 4.78 is 34.0. The molecule has 150 valence electrons. The van der Waals surface area contributed by atoms with Crippen LogP contribution < -0.4 is 14.8 Å². The van der Waals surface area contributed by atoms with Gasteiger partial charge in [-0.05, 0) is 47.9 Å². The van der Waals surface area contributed by atoms with Gasteiger partial charge in [-0.3, -0.25) is 9.69 Å². The van der Waals surface area contributed by atoms with E-state index in [9.17, 15) is 13.2 Å². The van der Waals surface area contributed by atoms with E-state index >= 15 is 0 Å². The van der Waals surface area contributed by atoms with E-state index in [4.69, 9.17) is 9.47 Å². The number of carbonyl (C=O) groups is 1. The van der Waals surface area contributed by atoms with Crippen LogP contribution in [0, 0.1) is 0 Å². The molecule has 1 heterocycles. The Morgan fingerprint density at radius 3 is 2.43 bits per heavy atom. The van der Waals surface area contributed by atoms with Crippen molar-refractivity contribution in [3.8, 4) is 11.5 Å². The average molecular weight is 404 g/mol. The highest BCUT2D eigenvalue weighted by molar-refractivity contribution is 7.90. The summed E-state index contributed by atoms with van der Waals surface area (Å²) in [5, 5.41) is 2.78. The fraction of sp³-hybridized carbons (Fsp3) is 0.350. The van der Waals surface area contributed by atoms with Crippen LogP contribution in [0.3, 0.4) is 0 Å². The molecule has 0 bridgehead atoms. The maximum atomic E-state index is 12.4. The van der Waals surface area contributed by atoms with Gasteiger partial charge in [0.1, 0.15) is 0 Å². The van der Waals surface area contributed by atoms with Crippen LogP contribution in [0.2, 0.25) is 0 Å². The van der Waals surface area contributed by atoms with Crippen LogP contribution in [-0.2, 0) is 27.6 Å². The Labute approximate surface area is 165 Å². The van der Waals surface area contributed by atoms with E-state index in [1.807, 2.05) is 17.0 Å². The van der Waals surface area contributed by atoms with E-state index in [-0.39, 0.29) is 17.3 Å². The molecule has 0 atom stereocenters. The molecule has 1 amide bonds. The first kappa shape index (κ1) is 20.2. The Morgan fingerprint density at radius 1 is 1.11 bits per heavy atom. The van der Waals surface area contributed by atoms with Crippen LogP contribution in [0.5, 0.6) is 11.5 Å². The highest BCUT2D eigenvalue weighted by Gasteiger charge is 2.21. The SMILES string of the molecule is COc1cc2c(cc1OC)CN(CC(=O)Nc1cccc(S(C)(=O)=O)c1)CC2. The molecule has 0 saturated heterocycles. The van der Waals surface area contributed by atoms with Crippen LogP contribution in [0.4, 0.5) is 5.69 Å². The molecule has 2 aromatic carbocycles. The first-order chi connectivity index (χ1) is 13.3. The number of hydrogen-bond donors (Lipinski definition) is 1. The van der Waals surface area contributed by atoms with Gasteiger partial charge < -0.3 is 14.8 Å². The smallest absolute Gasteiger partial charge is 0.238 e. The van der Waals surface area contributed by atoms with Gasteiger partial charge in [0.25, 0.3) is 0 Å². The van der Waals surface area contributed by atoms with E-state index in [2.05, 4.69) is 5.32 Å². The fourth-order valence-corrected chi connectivity index (χ4v) is 3.95. The van der Waals surface area contributed by atoms with Crippen molar-refractivity contribution in [1.29, 1.82) is 0 Å². The van der Waals surface area contributed by atoms with Crippen LogP contribution in [0.1, 0.15) is 11.1 Å². The number of nitrogens with zero attached hydrogens (tertiary/aromatic N) is 1. The Balaban J connectivity index is 1.66. The normalized spacial score (nSPS) is 14.2. The Hall–Kier alpha value is -2.58. The van der Waals surface area contributed by atoms with Gasteiger partial charge in [-0.15, -0.1) is 0 Å². The monoisotopic (exact) mass is 404 g/mol. The van der Waals surface area contributed by atoms with Crippen LogP contribution in [0.15, 0.2) is 41.3 Å². The minimum Gasteiger partial charge on any atom is -0.493 e. The largest absolute Gasteiger partial charge is 0.493 e. The third-order valence-corrected chi connectivity index (χ3v) is 5.82. The number of amides is 1. The highest BCUT2D eigenvalue weighted by atomic mass is 32.2. The average Bonchev–Trinajstić information content (AvgIpc) is 2.66. The second kappa shape index (κ2) is 8.20. The maximum absolute atomic E-state index is 12.4. The minimum absolute atomic E-state index is 0.179. The zero-order chi connectivity index (χ0) is 20.3. The molecule has 3 rings (SSSR count). The molecule has 1 aliphatic heterocycles. The second-order valence-electron chi connectivity index (χ2n) is 6.78. The molecular weight excluding hydrogens is 380 g/mol. The van der Waals surface area contributed by atoms with Gasteiger partial charge in [0.05, 0.1) is 25.7 Å². The zero-order valence-corrected chi connectivity index (χ0v) is 17.0. The molecule has 0 fully saturated rings. The van der Waals surface area contributed by atoms with Gasteiger partial charge >= 0.3 is 0 Å². The number of nitrogens with one attached hydrogen (secondary N) is 1. The Kier molecular flexibility index (Phi) is 5.90. The molecule has 1 aliphatic rings. The number of methoxy groups -OCH3 is 2. The van der Waals surface area contributed by atoms with Gasteiger partial charge in [-0.1, -0.05) is 6.07 Å². The molecule has 0 aliphatic carbocycles. The van der Waals surface area contributed by atoms with Gasteiger partial charge in [0, 0.05) is 25.0 Å². The third-order valence-electron chi connectivity index (χ3n) is 4.71. The highest BCUT2D eigenvalue weighted by Crippen LogP contribution is 2.33. The van der Waals surface area contributed by atoms with Crippen molar-refractivity contribution < 1.29 is 22.7 Å². The summed E-state index contributed by atoms with van der Waals surface area (Å²) in [5.41, 5.74) is 2.77. The van der Waals surface area contributed by atoms with Crippen molar-refractivity contribution in [2.75, 3.05) is 38.9 Å². The zero-order valence-electron chi connectivity index (χ0n) is 16.2. The van der Waals surface area contributed by atoms with E-state index in [0.717, 1.165) is 24.8 Å². The van der Waals surface area contributed by atoms with Crippen molar-refractivity contribution in [3.63, 3.8) is 0 Å². The predicted octanol–water partition coefficient (Wildman–Crippen LogP) is 2.10. The molecular formula is C20H24N2O5S. The number of carbonyl (C=O) groups excluding carboxylic acids is 1. The Morgan fingerprint density at radius 2 is 1.79 bits per heavy atom. The van der Waals surface area contributed by atoms with Crippen molar-refractivity contribution in [2.24, 2.45) is 0 Å². The van der Waals surface area contributed by atoms with E-state index in [1.165, 1.54) is 17.7 Å². The van der Waals surface area contributed by atoms with Gasteiger partial charge in [0.15, 0.2) is 21.3 Å². The molecule has 8 heteroatoms. The molecule has 1 N–H and O–H groups in total. The molecule has 7 nitrogen and oxygen atoms in total. The van der Waals surface area contributed by atoms with Crippen LogP contribution in [0.25, 0.3) is 0 Å². The lowest BCUT2D eigenvalue weighted by molar-refractivity contribution is -0.117. The standard InChI is InChI=1S/C20H24N2O5S/c1-26-18-9-14-7-8-22(12-15(14)10-19(18)27-2)13-20(23)21-16-5-4-6-17(11-16)28(3,24)25/h4-6,9-11H,7-8,12-13H2,1-3H3,(H,21,23). The quantitative estimate of drug-likeness (QED) is 0.794. The lowest BCUT2D eigenvalue weighted by Crippen LogP contribution is -2.37.